The summed E-state index contributed by atoms with van der Waals surface area (Å²) < 4.78 is 0. The molecule has 0 spiro atoms. The topological polar surface area (TPSA) is 57.5 Å². The lowest BCUT2D eigenvalue weighted by molar-refractivity contribution is 0.101. The van der Waals surface area contributed by atoms with Crippen molar-refractivity contribution in [2.75, 3.05) is 0 Å². The lowest BCUT2D eigenvalue weighted by Crippen LogP contribution is -1.98. The standard InChI is InChI=1S/C10H12O3/c1-3-7-4-9(12)10(13)5-8(7)6(2)11/h4-5,12-13H,3H2,1-2H3. The van der Waals surface area contributed by atoms with Gasteiger partial charge in [-0.1, -0.05) is 6.92 Å². The van der Waals surface area contributed by atoms with E-state index in [0.29, 0.717) is 12.0 Å². The van der Waals surface area contributed by atoms with Gasteiger partial charge in [0.2, 0.25) is 0 Å². The van der Waals surface area contributed by atoms with Gasteiger partial charge in [0.15, 0.2) is 17.3 Å². The highest BCUT2D eigenvalue weighted by molar-refractivity contribution is 5.96. The molecule has 3 heteroatoms. The molecule has 1 aromatic carbocycles. The molecule has 0 saturated heterocycles. The number of Topliss-reactive ketones (excluding diaryl/α,β-unsaturated/α-hetero) is 1. The van der Waals surface area contributed by atoms with E-state index in [4.69, 9.17) is 5.11 Å². The summed E-state index contributed by atoms with van der Waals surface area (Å²) in [4.78, 5) is 11.1. The van der Waals surface area contributed by atoms with Crippen molar-refractivity contribution in [3.63, 3.8) is 0 Å². The second kappa shape index (κ2) is 3.47. The van der Waals surface area contributed by atoms with Crippen LogP contribution in [0.15, 0.2) is 12.1 Å². The van der Waals surface area contributed by atoms with Crippen LogP contribution < -0.4 is 0 Å². The highest BCUT2D eigenvalue weighted by Gasteiger charge is 2.10. The molecule has 0 bridgehead atoms. The fourth-order valence-electron chi connectivity index (χ4n) is 1.24. The Kier molecular flexibility index (Phi) is 2.56. The second-order valence-electron chi connectivity index (χ2n) is 2.91. The molecule has 0 atom stereocenters. The molecule has 1 rings (SSSR count). The van der Waals surface area contributed by atoms with Crippen LogP contribution in [0.1, 0.15) is 29.8 Å². The number of rotatable bonds is 2. The van der Waals surface area contributed by atoms with Crippen molar-refractivity contribution in [1.82, 2.24) is 0 Å². The van der Waals surface area contributed by atoms with E-state index in [1.54, 1.807) is 0 Å². The zero-order valence-corrected chi connectivity index (χ0v) is 7.66. The van der Waals surface area contributed by atoms with Crippen LogP contribution in [0.3, 0.4) is 0 Å². The number of aromatic hydroxyl groups is 2. The minimum atomic E-state index is -0.248. The molecule has 0 radical (unpaired) electrons. The summed E-state index contributed by atoms with van der Waals surface area (Å²) in [5.41, 5.74) is 1.22. The van der Waals surface area contributed by atoms with Crippen molar-refractivity contribution in [2.45, 2.75) is 20.3 Å². The number of phenols is 2. The van der Waals surface area contributed by atoms with Crippen molar-refractivity contribution in [3.8, 4) is 11.5 Å². The third-order valence-electron chi connectivity index (χ3n) is 1.96. The summed E-state index contributed by atoms with van der Waals surface area (Å²) >= 11 is 0. The smallest absolute Gasteiger partial charge is 0.160 e. The molecule has 0 aromatic heterocycles. The monoisotopic (exact) mass is 180 g/mol. The zero-order chi connectivity index (χ0) is 10.0. The van der Waals surface area contributed by atoms with Crippen LogP contribution >= 0.6 is 0 Å². The largest absolute Gasteiger partial charge is 0.504 e. The molecular weight excluding hydrogens is 168 g/mol. The van der Waals surface area contributed by atoms with Gasteiger partial charge < -0.3 is 10.2 Å². The fraction of sp³-hybridized carbons (Fsp3) is 0.300. The number of aryl methyl sites for hydroxylation is 1. The average molecular weight is 180 g/mol. The molecule has 0 heterocycles. The molecule has 13 heavy (non-hydrogen) atoms. The molecule has 70 valence electrons. The Morgan fingerprint density at radius 2 is 1.85 bits per heavy atom. The predicted molar refractivity (Wildman–Crippen MR) is 49.2 cm³/mol. The molecule has 3 nitrogen and oxygen atoms in total. The average Bonchev–Trinajstić information content (AvgIpc) is 2.08. The van der Waals surface area contributed by atoms with Crippen molar-refractivity contribution in [1.29, 1.82) is 0 Å². The number of hydrogen-bond acceptors (Lipinski definition) is 3. The summed E-state index contributed by atoms with van der Waals surface area (Å²) in [5.74, 6) is -0.531. The Labute approximate surface area is 76.6 Å². The van der Waals surface area contributed by atoms with E-state index in [1.165, 1.54) is 19.1 Å². The third kappa shape index (κ3) is 1.80. The molecule has 1 aromatic rings. The van der Waals surface area contributed by atoms with Crippen LogP contribution in [0, 0.1) is 0 Å². The molecule has 2 N–H and O–H groups in total. The first-order chi connectivity index (χ1) is 6.06. The Balaban J connectivity index is 3.33. The zero-order valence-electron chi connectivity index (χ0n) is 7.66. The predicted octanol–water partition coefficient (Wildman–Crippen LogP) is 1.86. The SMILES string of the molecule is CCc1cc(O)c(O)cc1C(C)=O. The van der Waals surface area contributed by atoms with Crippen molar-refractivity contribution in [2.24, 2.45) is 0 Å². The molecule has 0 fully saturated rings. The first kappa shape index (κ1) is 9.58. The molecule has 0 unspecified atom stereocenters. The minimum absolute atomic E-state index is 0.104. The lowest BCUT2D eigenvalue weighted by atomic mass is 10.0. The van der Waals surface area contributed by atoms with E-state index in [1.807, 2.05) is 6.92 Å². The Morgan fingerprint density at radius 3 is 2.31 bits per heavy atom. The van der Waals surface area contributed by atoms with Gasteiger partial charge >= 0.3 is 0 Å². The van der Waals surface area contributed by atoms with Gasteiger partial charge in [-0.25, -0.2) is 0 Å². The van der Waals surface area contributed by atoms with E-state index in [-0.39, 0.29) is 17.3 Å². The molecular formula is C10H12O3. The van der Waals surface area contributed by atoms with Gasteiger partial charge in [0.25, 0.3) is 0 Å². The van der Waals surface area contributed by atoms with Crippen molar-refractivity contribution in [3.05, 3.63) is 23.3 Å². The number of phenolic OH excluding ortho intramolecular Hbond substituents is 2. The van der Waals surface area contributed by atoms with E-state index in [9.17, 15) is 9.90 Å². The summed E-state index contributed by atoms with van der Waals surface area (Å²) in [6.07, 6.45) is 0.656. The highest BCUT2D eigenvalue weighted by Crippen LogP contribution is 2.28. The third-order valence-corrected chi connectivity index (χ3v) is 1.96. The number of ketones is 1. The minimum Gasteiger partial charge on any atom is -0.504 e. The Morgan fingerprint density at radius 1 is 1.31 bits per heavy atom. The van der Waals surface area contributed by atoms with Gasteiger partial charge in [0, 0.05) is 5.56 Å². The maximum Gasteiger partial charge on any atom is 0.160 e. The number of benzene rings is 1. The summed E-state index contributed by atoms with van der Waals surface area (Å²) in [7, 11) is 0. The van der Waals surface area contributed by atoms with Gasteiger partial charge in [0.05, 0.1) is 0 Å². The van der Waals surface area contributed by atoms with Crippen LogP contribution in [-0.4, -0.2) is 16.0 Å². The van der Waals surface area contributed by atoms with Gasteiger partial charge in [0.1, 0.15) is 0 Å². The van der Waals surface area contributed by atoms with Crippen LogP contribution in [0.25, 0.3) is 0 Å². The van der Waals surface area contributed by atoms with E-state index in [2.05, 4.69) is 0 Å². The first-order valence-electron chi connectivity index (χ1n) is 4.12. The summed E-state index contributed by atoms with van der Waals surface area (Å²) in [6, 6.07) is 2.72. The Bertz CT molecular complexity index is 342. The van der Waals surface area contributed by atoms with Crippen LogP contribution in [0.4, 0.5) is 0 Å². The molecule has 0 saturated carbocycles. The lowest BCUT2D eigenvalue weighted by Gasteiger charge is -2.06. The normalized spacial score (nSPS) is 10.0. The van der Waals surface area contributed by atoms with Crippen molar-refractivity contribution >= 4 is 5.78 Å². The fourth-order valence-corrected chi connectivity index (χ4v) is 1.24. The van der Waals surface area contributed by atoms with Crippen molar-refractivity contribution < 1.29 is 15.0 Å². The number of carbonyl (C=O) groups excluding carboxylic acids is 1. The second-order valence-corrected chi connectivity index (χ2v) is 2.91. The van der Waals surface area contributed by atoms with Gasteiger partial charge in [-0.3, -0.25) is 4.79 Å². The van der Waals surface area contributed by atoms with E-state index >= 15 is 0 Å². The van der Waals surface area contributed by atoms with Gasteiger partial charge in [-0.2, -0.15) is 0 Å². The maximum atomic E-state index is 11.1. The molecule has 0 amide bonds. The summed E-state index contributed by atoms with van der Waals surface area (Å²) in [6.45, 7) is 3.32. The molecule has 0 aliphatic heterocycles. The molecule has 0 aliphatic carbocycles. The maximum absolute atomic E-state index is 11.1. The molecule has 0 aliphatic rings. The number of carbonyl (C=O) groups is 1. The van der Waals surface area contributed by atoms with E-state index < -0.39 is 0 Å². The quantitative estimate of drug-likeness (QED) is 0.539. The van der Waals surface area contributed by atoms with Gasteiger partial charge in [-0.15, -0.1) is 0 Å². The van der Waals surface area contributed by atoms with E-state index in [0.717, 1.165) is 5.56 Å². The van der Waals surface area contributed by atoms with Gasteiger partial charge in [-0.05, 0) is 31.0 Å². The first-order valence-corrected chi connectivity index (χ1v) is 4.12. The summed E-state index contributed by atoms with van der Waals surface area (Å²) in [5, 5.41) is 18.3. The van der Waals surface area contributed by atoms with Crippen LogP contribution in [0.2, 0.25) is 0 Å². The van der Waals surface area contributed by atoms with Crippen LogP contribution in [0.5, 0.6) is 11.5 Å². The number of hydrogen-bond donors (Lipinski definition) is 2. The Hall–Kier alpha value is -1.51. The van der Waals surface area contributed by atoms with Crippen LogP contribution in [-0.2, 0) is 6.42 Å². The highest BCUT2D eigenvalue weighted by atomic mass is 16.3.